The summed E-state index contributed by atoms with van der Waals surface area (Å²) in [4.78, 5) is 24.6. The van der Waals surface area contributed by atoms with Gasteiger partial charge in [-0.15, -0.1) is 0 Å². The first kappa shape index (κ1) is 18.1. The molecule has 0 unspecified atom stereocenters. The molecule has 2 aromatic rings. The third-order valence-electron chi connectivity index (χ3n) is 3.81. The van der Waals surface area contributed by atoms with Gasteiger partial charge in [0.15, 0.2) is 0 Å². The second-order valence-corrected chi connectivity index (χ2v) is 5.72. The summed E-state index contributed by atoms with van der Waals surface area (Å²) < 4.78 is 0. The molecule has 0 radical (unpaired) electrons. The van der Waals surface area contributed by atoms with Gasteiger partial charge < -0.3 is 4.90 Å². The minimum Gasteiger partial charge on any atom is -0.338 e. The lowest BCUT2D eigenvalue weighted by Gasteiger charge is -2.22. The van der Waals surface area contributed by atoms with Crippen LogP contribution < -0.4 is 0 Å². The van der Waals surface area contributed by atoms with Crippen molar-refractivity contribution >= 4 is 11.6 Å². The molecule has 0 fully saturated rings. The first-order chi connectivity index (χ1) is 12.0. The summed E-state index contributed by atoms with van der Waals surface area (Å²) in [5, 5.41) is 19.5. The minimum atomic E-state index is -0.458. The molecule has 0 spiro atoms. The van der Waals surface area contributed by atoms with E-state index < -0.39 is 4.92 Å². The maximum absolute atomic E-state index is 12.6. The fraction of sp³-hybridized carbons (Fsp3) is 0.263. The molecular weight excluding hydrogens is 318 g/mol. The van der Waals surface area contributed by atoms with Crippen LogP contribution in [0.3, 0.4) is 0 Å². The van der Waals surface area contributed by atoms with Gasteiger partial charge in [0.2, 0.25) is 5.91 Å². The Morgan fingerprint density at radius 2 is 1.72 bits per heavy atom. The molecule has 0 N–H and O–H groups in total. The third-order valence-corrected chi connectivity index (χ3v) is 3.81. The largest absolute Gasteiger partial charge is 0.338 e. The Hall–Kier alpha value is -3.20. The van der Waals surface area contributed by atoms with E-state index in [1.54, 1.807) is 29.2 Å². The SMILES string of the molecule is CCCN(Cc1ccc(C#N)cc1)C(=O)Cc1ccc([N+](=O)[O-])cc1. The molecule has 2 rings (SSSR count). The smallest absolute Gasteiger partial charge is 0.269 e. The molecule has 0 aliphatic rings. The molecule has 0 saturated carbocycles. The number of amides is 1. The summed E-state index contributed by atoms with van der Waals surface area (Å²) in [7, 11) is 0. The third kappa shape index (κ3) is 5.15. The molecule has 1 amide bonds. The number of nitriles is 1. The van der Waals surface area contributed by atoms with Crippen LogP contribution >= 0.6 is 0 Å². The van der Waals surface area contributed by atoms with Crippen LogP contribution in [0.25, 0.3) is 0 Å². The van der Waals surface area contributed by atoms with E-state index in [0.29, 0.717) is 18.7 Å². The number of non-ortho nitro benzene ring substituents is 1. The van der Waals surface area contributed by atoms with Crippen molar-refractivity contribution < 1.29 is 9.72 Å². The highest BCUT2D eigenvalue weighted by molar-refractivity contribution is 5.78. The van der Waals surface area contributed by atoms with Gasteiger partial charge in [0, 0.05) is 25.2 Å². The molecule has 0 heterocycles. The maximum Gasteiger partial charge on any atom is 0.269 e. The van der Waals surface area contributed by atoms with Crippen molar-refractivity contribution in [1.29, 1.82) is 5.26 Å². The van der Waals surface area contributed by atoms with Gasteiger partial charge in [-0.3, -0.25) is 14.9 Å². The normalized spacial score (nSPS) is 10.1. The Balaban J connectivity index is 2.06. The Morgan fingerprint density at radius 1 is 1.12 bits per heavy atom. The van der Waals surface area contributed by atoms with Crippen LogP contribution in [0, 0.1) is 21.4 Å². The molecular formula is C19H19N3O3. The number of nitro groups is 1. The van der Waals surface area contributed by atoms with Crippen molar-refractivity contribution in [2.24, 2.45) is 0 Å². The van der Waals surface area contributed by atoms with E-state index in [9.17, 15) is 14.9 Å². The van der Waals surface area contributed by atoms with Gasteiger partial charge in [-0.25, -0.2) is 0 Å². The molecule has 128 valence electrons. The molecule has 0 bridgehead atoms. The predicted octanol–water partition coefficient (Wildman–Crippen LogP) is 3.45. The average molecular weight is 337 g/mol. The van der Waals surface area contributed by atoms with Gasteiger partial charge in [-0.2, -0.15) is 5.26 Å². The molecule has 0 atom stereocenters. The van der Waals surface area contributed by atoms with E-state index in [4.69, 9.17) is 5.26 Å². The van der Waals surface area contributed by atoms with Gasteiger partial charge in [0.05, 0.1) is 23.0 Å². The van der Waals surface area contributed by atoms with Gasteiger partial charge in [-0.1, -0.05) is 31.2 Å². The van der Waals surface area contributed by atoms with Crippen molar-refractivity contribution in [3.8, 4) is 6.07 Å². The van der Waals surface area contributed by atoms with Crippen LogP contribution in [0.2, 0.25) is 0 Å². The van der Waals surface area contributed by atoms with E-state index >= 15 is 0 Å². The van der Waals surface area contributed by atoms with Crippen molar-refractivity contribution in [2.45, 2.75) is 26.3 Å². The summed E-state index contributed by atoms with van der Waals surface area (Å²) in [5.41, 5.74) is 2.31. The zero-order valence-corrected chi connectivity index (χ0v) is 14.0. The first-order valence-electron chi connectivity index (χ1n) is 8.03. The Kier molecular flexibility index (Phi) is 6.24. The number of nitro benzene ring substituents is 1. The fourth-order valence-corrected chi connectivity index (χ4v) is 2.49. The number of carbonyl (C=O) groups excluding carboxylic acids is 1. The monoisotopic (exact) mass is 337 g/mol. The number of rotatable bonds is 7. The highest BCUT2D eigenvalue weighted by atomic mass is 16.6. The van der Waals surface area contributed by atoms with E-state index in [1.807, 2.05) is 19.1 Å². The van der Waals surface area contributed by atoms with Gasteiger partial charge >= 0.3 is 0 Å². The fourth-order valence-electron chi connectivity index (χ4n) is 2.49. The summed E-state index contributed by atoms with van der Waals surface area (Å²) in [6.45, 7) is 3.11. The van der Waals surface area contributed by atoms with Crippen LogP contribution in [0.15, 0.2) is 48.5 Å². The number of benzene rings is 2. The summed E-state index contributed by atoms with van der Waals surface area (Å²) in [6, 6.07) is 15.3. The summed E-state index contributed by atoms with van der Waals surface area (Å²) >= 11 is 0. The molecule has 0 saturated heterocycles. The van der Waals surface area contributed by atoms with Crippen molar-refractivity contribution in [3.63, 3.8) is 0 Å². The van der Waals surface area contributed by atoms with E-state index in [1.165, 1.54) is 12.1 Å². The molecule has 0 aliphatic carbocycles. The van der Waals surface area contributed by atoms with Gasteiger partial charge in [0.25, 0.3) is 5.69 Å². The molecule has 6 nitrogen and oxygen atoms in total. The van der Waals surface area contributed by atoms with Crippen LogP contribution in [0.1, 0.15) is 30.0 Å². The number of nitrogens with zero attached hydrogens (tertiary/aromatic N) is 3. The standard InChI is InChI=1S/C19H19N3O3/c1-2-11-21(14-17-5-3-16(13-20)4-6-17)19(23)12-15-7-9-18(10-8-15)22(24)25/h3-10H,2,11-12,14H2,1H3. The van der Waals surface area contributed by atoms with E-state index in [0.717, 1.165) is 17.5 Å². The Morgan fingerprint density at radius 3 is 2.24 bits per heavy atom. The number of hydrogen-bond donors (Lipinski definition) is 0. The zero-order valence-electron chi connectivity index (χ0n) is 14.0. The number of hydrogen-bond acceptors (Lipinski definition) is 4. The van der Waals surface area contributed by atoms with Crippen LogP contribution in [-0.4, -0.2) is 22.3 Å². The second-order valence-electron chi connectivity index (χ2n) is 5.72. The number of carbonyl (C=O) groups is 1. The minimum absolute atomic E-state index is 0.0131. The quantitative estimate of drug-likeness (QED) is 0.572. The lowest BCUT2D eigenvalue weighted by atomic mass is 10.1. The summed E-state index contributed by atoms with van der Waals surface area (Å²) in [5.74, 6) is -0.0277. The average Bonchev–Trinajstić information content (AvgIpc) is 2.62. The van der Waals surface area contributed by atoms with Crippen LogP contribution in [-0.2, 0) is 17.8 Å². The molecule has 25 heavy (non-hydrogen) atoms. The van der Waals surface area contributed by atoms with E-state index in [-0.39, 0.29) is 18.0 Å². The van der Waals surface area contributed by atoms with E-state index in [2.05, 4.69) is 6.07 Å². The van der Waals surface area contributed by atoms with Crippen molar-refractivity contribution in [3.05, 3.63) is 75.3 Å². The second kappa shape index (κ2) is 8.60. The molecule has 2 aromatic carbocycles. The molecule has 0 aromatic heterocycles. The predicted molar refractivity (Wildman–Crippen MR) is 93.7 cm³/mol. The van der Waals surface area contributed by atoms with Crippen molar-refractivity contribution in [1.82, 2.24) is 4.90 Å². The van der Waals surface area contributed by atoms with Gasteiger partial charge in [0.1, 0.15) is 0 Å². The Bertz CT molecular complexity index is 777. The maximum atomic E-state index is 12.6. The summed E-state index contributed by atoms with van der Waals surface area (Å²) in [6.07, 6.45) is 1.04. The van der Waals surface area contributed by atoms with Crippen LogP contribution in [0.4, 0.5) is 5.69 Å². The highest BCUT2D eigenvalue weighted by Crippen LogP contribution is 2.14. The van der Waals surface area contributed by atoms with Gasteiger partial charge in [-0.05, 0) is 29.7 Å². The lowest BCUT2D eigenvalue weighted by molar-refractivity contribution is -0.384. The van der Waals surface area contributed by atoms with Crippen molar-refractivity contribution in [2.75, 3.05) is 6.54 Å². The zero-order chi connectivity index (χ0) is 18.2. The molecule has 6 heteroatoms. The Labute approximate surface area is 146 Å². The first-order valence-corrected chi connectivity index (χ1v) is 8.03. The topological polar surface area (TPSA) is 87.2 Å². The highest BCUT2D eigenvalue weighted by Gasteiger charge is 2.15. The molecule has 0 aliphatic heterocycles. The lowest BCUT2D eigenvalue weighted by Crippen LogP contribution is -2.32. The van der Waals surface area contributed by atoms with Crippen LogP contribution in [0.5, 0.6) is 0 Å².